The molecule has 2 rings (SSSR count). The molecule has 1 aromatic rings. The van der Waals surface area contributed by atoms with Gasteiger partial charge in [-0.05, 0) is 42.7 Å². The number of nitrogens with one attached hydrogen (secondary N) is 1. The summed E-state index contributed by atoms with van der Waals surface area (Å²) in [4.78, 5) is 12.6. The van der Waals surface area contributed by atoms with Gasteiger partial charge in [-0.25, -0.2) is 4.79 Å². The molecule has 3 heteroatoms. The van der Waals surface area contributed by atoms with Crippen LogP contribution in [0.25, 0.3) is 0 Å². The van der Waals surface area contributed by atoms with Gasteiger partial charge < -0.3 is 4.74 Å². The average molecular weight is 289 g/mol. The third-order valence-corrected chi connectivity index (χ3v) is 4.88. The van der Waals surface area contributed by atoms with Crippen LogP contribution in [0, 0.1) is 0 Å². The number of ether oxygens (including phenoxy) is 1. The van der Waals surface area contributed by atoms with Gasteiger partial charge in [0.25, 0.3) is 0 Å². The van der Waals surface area contributed by atoms with E-state index in [1.54, 1.807) is 0 Å². The van der Waals surface area contributed by atoms with E-state index in [1.807, 2.05) is 6.07 Å². The van der Waals surface area contributed by atoms with Gasteiger partial charge in [0.1, 0.15) is 5.54 Å². The minimum atomic E-state index is -0.712. The van der Waals surface area contributed by atoms with Crippen molar-refractivity contribution >= 4 is 5.97 Å². The molecule has 1 N–H and O–H groups in total. The molecule has 0 saturated heterocycles. The zero-order valence-electron chi connectivity index (χ0n) is 13.8. The fourth-order valence-corrected chi connectivity index (χ4v) is 3.33. The van der Waals surface area contributed by atoms with Crippen molar-refractivity contribution in [3.05, 3.63) is 35.4 Å². The topological polar surface area (TPSA) is 38.3 Å². The molecule has 0 spiro atoms. The summed E-state index contributed by atoms with van der Waals surface area (Å²) >= 11 is 0. The highest BCUT2D eigenvalue weighted by Gasteiger charge is 2.49. The zero-order valence-corrected chi connectivity index (χ0v) is 13.8. The Hall–Kier alpha value is -1.35. The molecule has 0 bridgehead atoms. The van der Waals surface area contributed by atoms with Crippen molar-refractivity contribution in [1.82, 2.24) is 5.32 Å². The lowest BCUT2D eigenvalue weighted by atomic mass is 9.65. The number of rotatable bonds is 4. The molecule has 0 fully saturated rings. The Morgan fingerprint density at radius 3 is 2.48 bits per heavy atom. The summed E-state index contributed by atoms with van der Waals surface area (Å²) < 4.78 is 5.16. The second-order valence-corrected chi connectivity index (χ2v) is 6.78. The van der Waals surface area contributed by atoms with Crippen LogP contribution >= 0.6 is 0 Å². The van der Waals surface area contributed by atoms with E-state index in [2.05, 4.69) is 51.2 Å². The van der Waals surface area contributed by atoms with E-state index in [0.717, 1.165) is 24.8 Å². The quantitative estimate of drug-likeness (QED) is 0.862. The summed E-state index contributed by atoms with van der Waals surface area (Å²) in [5.41, 5.74) is 1.70. The van der Waals surface area contributed by atoms with Crippen LogP contribution in [-0.2, 0) is 20.5 Å². The molecule has 1 aliphatic rings. The van der Waals surface area contributed by atoms with Crippen LogP contribution < -0.4 is 5.32 Å². The highest BCUT2D eigenvalue weighted by Crippen LogP contribution is 2.45. The Labute approximate surface area is 128 Å². The van der Waals surface area contributed by atoms with Crippen LogP contribution in [0.15, 0.2) is 24.3 Å². The van der Waals surface area contributed by atoms with Crippen molar-refractivity contribution < 1.29 is 9.53 Å². The van der Waals surface area contributed by atoms with Gasteiger partial charge in [-0.2, -0.15) is 0 Å². The maximum absolute atomic E-state index is 12.6. The summed E-state index contributed by atoms with van der Waals surface area (Å²) in [6.45, 7) is 8.74. The number of esters is 1. The van der Waals surface area contributed by atoms with Gasteiger partial charge in [0.15, 0.2) is 0 Å². The van der Waals surface area contributed by atoms with E-state index in [-0.39, 0.29) is 17.4 Å². The predicted molar refractivity (Wildman–Crippen MR) is 85.3 cm³/mol. The first-order chi connectivity index (χ1) is 9.87. The molecule has 2 atom stereocenters. The predicted octanol–water partition coefficient (Wildman–Crippen LogP) is 3.51. The molecule has 2 unspecified atom stereocenters. The van der Waals surface area contributed by atoms with Crippen LogP contribution in [-0.4, -0.2) is 19.1 Å². The fourth-order valence-electron chi connectivity index (χ4n) is 3.33. The van der Waals surface area contributed by atoms with E-state index in [1.165, 1.54) is 12.7 Å². The lowest BCUT2D eigenvalue weighted by Crippen LogP contribution is -2.56. The second-order valence-electron chi connectivity index (χ2n) is 6.78. The molecule has 0 saturated carbocycles. The van der Waals surface area contributed by atoms with E-state index < -0.39 is 5.54 Å². The maximum atomic E-state index is 12.6. The number of hydrogen-bond acceptors (Lipinski definition) is 3. The average Bonchev–Trinajstić information content (AvgIpc) is 2.49. The molecule has 21 heavy (non-hydrogen) atoms. The summed E-state index contributed by atoms with van der Waals surface area (Å²) in [6, 6.07) is 8.54. The molecule has 0 amide bonds. The van der Waals surface area contributed by atoms with Crippen LogP contribution in [0.5, 0.6) is 0 Å². The van der Waals surface area contributed by atoms with Gasteiger partial charge in [-0.1, -0.05) is 45.0 Å². The van der Waals surface area contributed by atoms with Gasteiger partial charge in [0, 0.05) is 6.04 Å². The van der Waals surface area contributed by atoms with Crippen molar-refractivity contribution in [1.29, 1.82) is 0 Å². The smallest absolute Gasteiger partial charge is 0.330 e. The number of hydrogen-bond donors (Lipinski definition) is 1. The maximum Gasteiger partial charge on any atom is 0.330 e. The third-order valence-electron chi connectivity index (χ3n) is 4.88. The molecule has 3 nitrogen and oxygen atoms in total. The van der Waals surface area contributed by atoms with E-state index in [9.17, 15) is 4.79 Å². The summed E-state index contributed by atoms with van der Waals surface area (Å²) in [7, 11) is 1.48. The van der Waals surface area contributed by atoms with Crippen LogP contribution in [0.4, 0.5) is 0 Å². The summed E-state index contributed by atoms with van der Waals surface area (Å²) in [6.07, 6.45) is 2.71. The van der Waals surface area contributed by atoms with Crippen molar-refractivity contribution in [2.75, 3.05) is 7.11 Å². The number of benzene rings is 1. The molecule has 0 heterocycles. The Balaban J connectivity index is 2.58. The first kappa shape index (κ1) is 16.0. The zero-order chi connectivity index (χ0) is 15.7. The van der Waals surface area contributed by atoms with Crippen LogP contribution in [0.2, 0.25) is 0 Å². The normalized spacial score (nSPS) is 25.0. The van der Waals surface area contributed by atoms with Gasteiger partial charge in [0.2, 0.25) is 0 Å². The number of carbonyl (C=O) groups excluding carboxylic acids is 1. The van der Waals surface area contributed by atoms with Crippen molar-refractivity contribution in [3.8, 4) is 0 Å². The molecule has 1 aliphatic carbocycles. The number of methoxy groups -OCH3 is 1. The first-order valence-electron chi connectivity index (χ1n) is 7.83. The van der Waals surface area contributed by atoms with Crippen LogP contribution in [0.1, 0.15) is 58.1 Å². The lowest BCUT2D eigenvalue weighted by molar-refractivity contribution is -0.150. The Morgan fingerprint density at radius 2 is 1.90 bits per heavy atom. The molecule has 116 valence electrons. The van der Waals surface area contributed by atoms with Crippen molar-refractivity contribution in [2.24, 2.45) is 0 Å². The number of fused-ring (bicyclic) bond motifs is 1. The highest BCUT2D eigenvalue weighted by atomic mass is 16.5. The molecule has 1 aromatic carbocycles. The van der Waals surface area contributed by atoms with Crippen LogP contribution in [0.3, 0.4) is 0 Å². The molecule has 0 aliphatic heterocycles. The SMILES string of the molecule is CCC(C)NC1(C(=O)OC)CCC(C)(C)c2ccccc21. The number of carbonyl (C=O) groups is 1. The summed E-state index contributed by atoms with van der Waals surface area (Å²) in [5, 5.41) is 3.55. The van der Waals surface area contributed by atoms with Gasteiger partial charge >= 0.3 is 5.97 Å². The minimum Gasteiger partial charge on any atom is -0.467 e. The first-order valence-corrected chi connectivity index (χ1v) is 7.83. The largest absolute Gasteiger partial charge is 0.467 e. The summed E-state index contributed by atoms with van der Waals surface area (Å²) in [5.74, 6) is -0.175. The van der Waals surface area contributed by atoms with Crippen molar-refractivity contribution in [3.63, 3.8) is 0 Å². The fraction of sp³-hybridized carbons (Fsp3) is 0.611. The molecular formula is C18H27NO2. The Kier molecular flexibility index (Phi) is 4.43. The standard InChI is InChI=1S/C18H27NO2/c1-6-13(2)19-18(16(20)21-5)12-11-17(3,4)14-9-7-8-10-15(14)18/h7-10,13,19H,6,11-12H2,1-5H3. The van der Waals surface area contributed by atoms with E-state index in [4.69, 9.17) is 4.74 Å². The van der Waals surface area contributed by atoms with Gasteiger partial charge in [-0.3, -0.25) is 5.32 Å². The Morgan fingerprint density at radius 1 is 1.29 bits per heavy atom. The monoisotopic (exact) mass is 289 g/mol. The van der Waals surface area contributed by atoms with Gasteiger partial charge in [-0.15, -0.1) is 0 Å². The minimum absolute atomic E-state index is 0.0885. The second kappa shape index (κ2) is 5.80. The van der Waals surface area contributed by atoms with E-state index >= 15 is 0 Å². The van der Waals surface area contributed by atoms with Crippen molar-refractivity contribution in [2.45, 2.75) is 64.0 Å². The van der Waals surface area contributed by atoms with E-state index in [0.29, 0.717) is 0 Å². The lowest BCUT2D eigenvalue weighted by Gasteiger charge is -2.45. The van der Waals surface area contributed by atoms with Gasteiger partial charge in [0.05, 0.1) is 7.11 Å². The third kappa shape index (κ3) is 2.71. The molecule has 0 aromatic heterocycles. The Bertz CT molecular complexity index is 524. The molecular weight excluding hydrogens is 262 g/mol. The molecule has 0 radical (unpaired) electrons. The highest BCUT2D eigenvalue weighted by molar-refractivity contribution is 5.84.